The van der Waals surface area contributed by atoms with E-state index < -0.39 is 0 Å². The van der Waals surface area contributed by atoms with Gasteiger partial charge in [0.15, 0.2) is 11.9 Å². The van der Waals surface area contributed by atoms with Crippen molar-refractivity contribution < 1.29 is 9.84 Å². The molecule has 1 aliphatic carbocycles. The highest BCUT2D eigenvalue weighted by Gasteiger charge is 2.34. The molecule has 0 spiro atoms. The molecular weight excluding hydrogens is 338 g/mol. The predicted octanol–water partition coefficient (Wildman–Crippen LogP) is 2.46. The third kappa shape index (κ3) is 3.03. The highest BCUT2D eigenvalue weighted by Crippen LogP contribution is 2.34. The first kappa shape index (κ1) is 16.8. The summed E-state index contributed by atoms with van der Waals surface area (Å²) in [7, 11) is 0. The van der Waals surface area contributed by atoms with Gasteiger partial charge in [0.1, 0.15) is 5.15 Å². The van der Waals surface area contributed by atoms with Gasteiger partial charge in [-0.25, -0.2) is 14.9 Å². The molecule has 2 unspecified atom stereocenters. The SMILES string of the molecule is N#CB(c1cc(Cl)nc2c1cnn2C1CCC(CO)O1)C1CCCC1. The van der Waals surface area contributed by atoms with Gasteiger partial charge in [0.05, 0.1) is 18.9 Å². The molecule has 3 heterocycles. The Hall–Kier alpha value is -1.62. The Bertz CT molecular complexity index is 815. The Morgan fingerprint density at radius 1 is 1.36 bits per heavy atom. The number of hydrogen-bond acceptors (Lipinski definition) is 5. The van der Waals surface area contributed by atoms with E-state index in [0.717, 1.165) is 36.5 Å². The van der Waals surface area contributed by atoms with Crippen LogP contribution >= 0.6 is 11.6 Å². The first-order chi connectivity index (χ1) is 12.2. The summed E-state index contributed by atoms with van der Waals surface area (Å²) in [6, 6.07) is 1.81. The van der Waals surface area contributed by atoms with Crippen LogP contribution in [0.15, 0.2) is 12.3 Å². The van der Waals surface area contributed by atoms with E-state index in [9.17, 15) is 10.4 Å². The monoisotopic (exact) mass is 358 g/mol. The lowest BCUT2D eigenvalue weighted by molar-refractivity contribution is -0.0262. The second kappa shape index (κ2) is 6.95. The van der Waals surface area contributed by atoms with Crippen LogP contribution in [-0.4, -0.2) is 39.3 Å². The molecule has 0 aromatic carbocycles. The molecule has 1 aliphatic heterocycles. The molecule has 4 rings (SSSR count). The van der Waals surface area contributed by atoms with E-state index >= 15 is 0 Å². The molecular formula is C17H20BClN4O2. The van der Waals surface area contributed by atoms with Crippen molar-refractivity contribution in [3.8, 4) is 5.97 Å². The topological polar surface area (TPSA) is 84.0 Å². The Morgan fingerprint density at radius 2 is 2.16 bits per heavy atom. The normalized spacial score (nSPS) is 24.0. The smallest absolute Gasteiger partial charge is 0.304 e. The number of aliphatic hydroxyl groups excluding tert-OH is 1. The summed E-state index contributed by atoms with van der Waals surface area (Å²) >= 11 is 6.28. The van der Waals surface area contributed by atoms with Gasteiger partial charge in [-0.1, -0.05) is 37.3 Å². The summed E-state index contributed by atoms with van der Waals surface area (Å²) in [5.74, 6) is 2.86. The molecule has 0 bridgehead atoms. The standard InChI is InChI=1S/C17H20BClN4O2/c19-15-7-14(18(10-20)11-3-1-2-4-11)13-8-21-23(17(13)22-15)16-6-5-12(9-24)25-16/h7-8,11-12,16,24H,1-6,9H2. The summed E-state index contributed by atoms with van der Waals surface area (Å²) in [6.45, 7) is -0.175. The van der Waals surface area contributed by atoms with Gasteiger partial charge in [-0.2, -0.15) is 5.10 Å². The van der Waals surface area contributed by atoms with Crippen LogP contribution in [-0.2, 0) is 4.74 Å². The van der Waals surface area contributed by atoms with Crippen LogP contribution in [0.2, 0.25) is 11.0 Å². The summed E-state index contributed by atoms with van der Waals surface area (Å²) < 4.78 is 7.57. The minimum atomic E-state index is -0.250. The Kier molecular flexibility index (Phi) is 4.68. The van der Waals surface area contributed by atoms with Crippen LogP contribution in [0.3, 0.4) is 0 Å². The van der Waals surface area contributed by atoms with E-state index in [4.69, 9.17) is 16.3 Å². The predicted molar refractivity (Wildman–Crippen MR) is 96.0 cm³/mol. The van der Waals surface area contributed by atoms with Crippen molar-refractivity contribution in [3.63, 3.8) is 0 Å². The van der Waals surface area contributed by atoms with Crippen LogP contribution in [0.25, 0.3) is 11.0 Å². The largest absolute Gasteiger partial charge is 0.394 e. The molecule has 2 fully saturated rings. The van der Waals surface area contributed by atoms with Crippen molar-refractivity contribution in [1.29, 1.82) is 5.26 Å². The Labute approximate surface area is 151 Å². The zero-order valence-corrected chi connectivity index (χ0v) is 14.7. The number of aromatic nitrogens is 3. The van der Waals surface area contributed by atoms with Crippen LogP contribution in [0, 0.1) is 11.2 Å². The van der Waals surface area contributed by atoms with Gasteiger partial charge in [-0.05, 0) is 30.2 Å². The quantitative estimate of drug-likeness (QED) is 0.670. The number of aliphatic hydroxyl groups is 1. The van der Waals surface area contributed by atoms with Gasteiger partial charge >= 0.3 is 6.71 Å². The van der Waals surface area contributed by atoms with Crippen LogP contribution in [0.5, 0.6) is 0 Å². The fourth-order valence-electron chi connectivity index (χ4n) is 4.20. The molecule has 2 atom stereocenters. The summed E-state index contributed by atoms with van der Waals surface area (Å²) in [5.41, 5.74) is 1.58. The molecule has 1 saturated carbocycles. The molecule has 0 radical (unpaired) electrons. The third-order valence-electron chi connectivity index (χ3n) is 5.47. The van der Waals surface area contributed by atoms with Gasteiger partial charge in [0.25, 0.3) is 0 Å². The van der Waals surface area contributed by atoms with Crippen LogP contribution in [0.4, 0.5) is 0 Å². The average molecular weight is 359 g/mol. The van der Waals surface area contributed by atoms with Gasteiger partial charge in [0.2, 0.25) is 0 Å². The molecule has 25 heavy (non-hydrogen) atoms. The zero-order valence-electron chi connectivity index (χ0n) is 13.9. The maximum atomic E-state index is 9.78. The molecule has 2 aromatic rings. The lowest BCUT2D eigenvalue weighted by Crippen LogP contribution is -2.34. The van der Waals surface area contributed by atoms with Gasteiger partial charge in [0, 0.05) is 11.4 Å². The lowest BCUT2D eigenvalue weighted by atomic mass is 9.37. The third-order valence-corrected chi connectivity index (χ3v) is 5.67. The number of fused-ring (bicyclic) bond motifs is 1. The van der Waals surface area contributed by atoms with Gasteiger partial charge in [-0.15, -0.1) is 0 Å². The number of halogens is 1. The maximum absolute atomic E-state index is 9.78. The van der Waals surface area contributed by atoms with Crippen molar-refractivity contribution >= 4 is 34.8 Å². The fourth-order valence-corrected chi connectivity index (χ4v) is 4.40. The van der Waals surface area contributed by atoms with Crippen molar-refractivity contribution in [2.24, 2.45) is 0 Å². The zero-order chi connectivity index (χ0) is 17.4. The van der Waals surface area contributed by atoms with E-state index in [-0.39, 0.29) is 25.7 Å². The van der Waals surface area contributed by atoms with Crippen molar-refractivity contribution in [3.05, 3.63) is 17.4 Å². The fraction of sp³-hybridized carbons (Fsp3) is 0.588. The minimum Gasteiger partial charge on any atom is -0.394 e. The number of nitrogens with zero attached hydrogens (tertiary/aromatic N) is 4. The number of ether oxygens (including phenoxy) is 1. The lowest BCUT2D eigenvalue weighted by Gasteiger charge is -2.16. The Balaban J connectivity index is 1.75. The molecule has 8 heteroatoms. The first-order valence-electron chi connectivity index (χ1n) is 8.91. The van der Waals surface area contributed by atoms with Crippen LogP contribution in [0.1, 0.15) is 44.8 Å². The van der Waals surface area contributed by atoms with Crippen LogP contribution < -0.4 is 5.46 Å². The Morgan fingerprint density at radius 3 is 2.84 bits per heavy atom. The van der Waals surface area contributed by atoms with Gasteiger partial charge < -0.3 is 9.84 Å². The second-order valence-corrected chi connectivity index (χ2v) is 7.37. The molecule has 1 N–H and O–H groups in total. The summed E-state index contributed by atoms with van der Waals surface area (Å²) in [6.07, 6.45) is 7.45. The molecule has 6 nitrogen and oxygen atoms in total. The van der Waals surface area contributed by atoms with E-state index in [2.05, 4.69) is 16.1 Å². The minimum absolute atomic E-state index is 0.00726. The van der Waals surface area contributed by atoms with E-state index in [1.54, 1.807) is 10.9 Å². The van der Waals surface area contributed by atoms with Crippen molar-refractivity contribution in [2.75, 3.05) is 6.61 Å². The molecule has 1 saturated heterocycles. The second-order valence-electron chi connectivity index (χ2n) is 6.98. The number of pyridine rings is 1. The average Bonchev–Trinajstić information content (AvgIpc) is 3.35. The van der Waals surface area contributed by atoms with Crippen molar-refractivity contribution in [2.45, 2.75) is 56.7 Å². The number of nitriles is 1. The highest BCUT2D eigenvalue weighted by atomic mass is 35.5. The van der Waals surface area contributed by atoms with E-state index in [1.165, 1.54) is 12.8 Å². The van der Waals surface area contributed by atoms with E-state index in [1.807, 2.05) is 6.07 Å². The first-order valence-corrected chi connectivity index (χ1v) is 9.28. The van der Waals surface area contributed by atoms with Gasteiger partial charge in [-0.3, -0.25) is 0 Å². The maximum Gasteiger partial charge on any atom is 0.304 e. The highest BCUT2D eigenvalue weighted by molar-refractivity contribution is 6.83. The molecule has 2 aliphatic rings. The van der Waals surface area contributed by atoms with E-state index in [0.29, 0.717) is 16.6 Å². The molecule has 2 aromatic heterocycles. The molecule has 130 valence electrons. The number of hydrogen-bond donors (Lipinski definition) is 1. The molecule has 0 amide bonds. The summed E-state index contributed by atoms with van der Waals surface area (Å²) in [5, 5.41) is 24.8. The summed E-state index contributed by atoms with van der Waals surface area (Å²) in [4.78, 5) is 4.45. The van der Waals surface area contributed by atoms with Crippen molar-refractivity contribution in [1.82, 2.24) is 14.8 Å². The number of rotatable bonds is 4.